The Balaban J connectivity index is 0.000000902. The summed E-state index contributed by atoms with van der Waals surface area (Å²) in [6.07, 6.45) is 1.71. The van der Waals surface area contributed by atoms with Crippen molar-refractivity contribution >= 4 is 11.0 Å². The van der Waals surface area contributed by atoms with E-state index < -0.39 is 17.4 Å². The maximum absolute atomic E-state index is 9.69. The van der Waals surface area contributed by atoms with Gasteiger partial charge in [-0.25, -0.2) is 0 Å². The molecule has 1 fully saturated rings. The first-order chi connectivity index (χ1) is 8.14. The number of rotatable bonds is 1. The molecule has 0 unspecified atom stereocenters. The average Bonchev–Trinajstić information content (AvgIpc) is 2.72. The van der Waals surface area contributed by atoms with E-state index in [0.717, 1.165) is 29.6 Å². The second kappa shape index (κ2) is 6.62. The number of para-hydroxylation sites is 1. The van der Waals surface area contributed by atoms with E-state index in [1.807, 2.05) is 24.3 Å². The second-order valence-corrected chi connectivity index (χ2v) is 9.57. The van der Waals surface area contributed by atoms with Crippen molar-refractivity contribution in [1.29, 1.82) is 0 Å². The molecule has 3 nitrogen and oxygen atoms in total. The van der Waals surface area contributed by atoms with Gasteiger partial charge in [0.2, 0.25) is 0 Å². The van der Waals surface area contributed by atoms with Crippen LogP contribution < -0.4 is 24.8 Å². The molecule has 3 rings (SSSR count). The molecule has 0 bridgehead atoms. The van der Waals surface area contributed by atoms with Crippen molar-refractivity contribution in [2.24, 2.45) is 0 Å². The summed E-state index contributed by atoms with van der Waals surface area (Å²) in [5.74, 6) is 1.37. The SMILES string of the molecule is [Cl-].[Cl-].[OH][Ti+2]1([OH])[CH2]CC(c2cc3ccccc3o2)C[CH2]1. The number of fused-ring (bicyclic) bond motifs is 1. The molecular formula is C13H16Cl2O3Ti. The van der Waals surface area contributed by atoms with Crippen LogP contribution in [-0.4, -0.2) is 7.38 Å². The normalized spacial score (nSPS) is 16.9. The predicted octanol–water partition coefficient (Wildman–Crippen LogP) is -2.88. The summed E-state index contributed by atoms with van der Waals surface area (Å²) in [4.78, 5) is 0. The quantitative estimate of drug-likeness (QED) is 0.549. The number of halogens is 2. The van der Waals surface area contributed by atoms with Crippen molar-refractivity contribution in [3.8, 4) is 0 Å². The minimum atomic E-state index is -3.33. The molecule has 0 amide bonds. The Morgan fingerprint density at radius 2 is 1.68 bits per heavy atom. The van der Waals surface area contributed by atoms with E-state index in [4.69, 9.17) is 4.42 Å². The Hall–Kier alpha value is -0.0257. The number of furan rings is 1. The summed E-state index contributed by atoms with van der Waals surface area (Å²) < 4.78 is 26.4. The van der Waals surface area contributed by atoms with Crippen LogP contribution >= 0.6 is 0 Å². The summed E-state index contributed by atoms with van der Waals surface area (Å²) in [5.41, 5.74) is 0.925. The van der Waals surface area contributed by atoms with Crippen LogP contribution in [0.25, 0.3) is 11.0 Å². The standard InChI is InChI=1S/C13H14O.2ClH.2H2O.Ti/c1-3-10(4-2)13-9-11-7-5-6-8-12(11)14-13;;;;;/h5-10H,1-4H2;2*1H;2*1H2;/q;;;;;+4/p-4. The summed E-state index contributed by atoms with van der Waals surface area (Å²) in [7, 11) is 0. The van der Waals surface area contributed by atoms with Crippen molar-refractivity contribution in [3.63, 3.8) is 0 Å². The van der Waals surface area contributed by atoms with Crippen LogP contribution in [0.1, 0.15) is 24.5 Å². The topological polar surface area (TPSA) is 53.6 Å². The summed E-state index contributed by atoms with van der Waals surface area (Å²) >= 11 is -3.33. The Labute approximate surface area is 129 Å². The van der Waals surface area contributed by atoms with Gasteiger partial charge in [0.05, 0.1) is 0 Å². The van der Waals surface area contributed by atoms with Gasteiger partial charge in [0.1, 0.15) is 0 Å². The number of hydrogen-bond donors (Lipinski definition) is 2. The molecule has 2 N–H and O–H groups in total. The van der Waals surface area contributed by atoms with Gasteiger partial charge in [-0.3, -0.25) is 0 Å². The van der Waals surface area contributed by atoms with Crippen molar-refractivity contribution < 1.29 is 54.0 Å². The van der Waals surface area contributed by atoms with Crippen molar-refractivity contribution in [1.82, 2.24) is 0 Å². The molecule has 2 heterocycles. The van der Waals surface area contributed by atoms with Crippen LogP contribution in [0.5, 0.6) is 0 Å². The first kappa shape index (κ1) is 17.0. The van der Waals surface area contributed by atoms with Gasteiger partial charge < -0.3 is 24.8 Å². The van der Waals surface area contributed by atoms with E-state index in [2.05, 4.69) is 6.07 Å². The zero-order chi connectivity index (χ0) is 11.9. The maximum atomic E-state index is 9.69. The third kappa shape index (κ3) is 3.75. The monoisotopic (exact) mass is 338 g/mol. The molecule has 0 saturated carbocycles. The number of hydrogen-bond acceptors (Lipinski definition) is 3. The van der Waals surface area contributed by atoms with E-state index >= 15 is 0 Å². The van der Waals surface area contributed by atoms with Crippen LogP contribution in [0.4, 0.5) is 0 Å². The Morgan fingerprint density at radius 3 is 2.32 bits per heavy atom. The molecule has 2 aromatic rings. The van der Waals surface area contributed by atoms with Crippen LogP contribution in [-0.2, 0) is 17.4 Å². The van der Waals surface area contributed by atoms with Crippen molar-refractivity contribution in [3.05, 3.63) is 36.1 Å². The van der Waals surface area contributed by atoms with Gasteiger partial charge in [-0.15, -0.1) is 0 Å². The molecular weight excluding hydrogens is 323 g/mol. The van der Waals surface area contributed by atoms with E-state index in [9.17, 15) is 7.38 Å². The van der Waals surface area contributed by atoms with E-state index in [1.54, 1.807) is 0 Å². The third-order valence-electron chi connectivity index (χ3n) is 3.63. The van der Waals surface area contributed by atoms with E-state index in [-0.39, 0.29) is 24.8 Å². The Bertz CT molecular complexity index is 498. The van der Waals surface area contributed by atoms with Crippen molar-refractivity contribution in [2.45, 2.75) is 28.2 Å². The van der Waals surface area contributed by atoms with E-state index in [0.29, 0.717) is 15.4 Å². The minimum absolute atomic E-state index is 0. The first-order valence-electron chi connectivity index (χ1n) is 6.07. The van der Waals surface area contributed by atoms with Gasteiger partial charge >= 0.3 is 104 Å². The zero-order valence-corrected chi connectivity index (χ0v) is 13.4. The van der Waals surface area contributed by atoms with E-state index in [1.165, 1.54) is 0 Å². The van der Waals surface area contributed by atoms with Gasteiger partial charge in [-0.2, -0.15) is 0 Å². The van der Waals surface area contributed by atoms with Gasteiger partial charge in [0.25, 0.3) is 0 Å². The van der Waals surface area contributed by atoms with Gasteiger partial charge in [0.15, 0.2) is 0 Å². The van der Waals surface area contributed by atoms with Gasteiger partial charge in [0, 0.05) is 0 Å². The molecule has 1 aliphatic heterocycles. The number of benzene rings is 1. The van der Waals surface area contributed by atoms with Gasteiger partial charge in [-0.1, -0.05) is 0 Å². The van der Waals surface area contributed by atoms with Crippen LogP contribution in [0, 0.1) is 0 Å². The first-order valence-corrected chi connectivity index (χ1v) is 9.68. The van der Waals surface area contributed by atoms with Crippen LogP contribution in [0.15, 0.2) is 34.7 Å². The summed E-state index contributed by atoms with van der Waals surface area (Å²) in [6, 6.07) is 10.1. The van der Waals surface area contributed by atoms with Crippen LogP contribution in [0.3, 0.4) is 0 Å². The molecule has 1 aromatic carbocycles. The fraction of sp³-hybridized carbons (Fsp3) is 0.385. The molecule has 1 saturated heterocycles. The fourth-order valence-corrected chi connectivity index (χ4v) is 5.49. The molecule has 1 aliphatic rings. The predicted molar refractivity (Wildman–Crippen MR) is 62.2 cm³/mol. The molecule has 104 valence electrons. The summed E-state index contributed by atoms with van der Waals surface area (Å²) in [6.45, 7) is 0. The van der Waals surface area contributed by atoms with Crippen molar-refractivity contribution in [2.75, 3.05) is 0 Å². The summed E-state index contributed by atoms with van der Waals surface area (Å²) in [5, 5.41) is 1.13. The zero-order valence-electron chi connectivity index (χ0n) is 10.4. The molecule has 0 atom stereocenters. The fourth-order valence-electron chi connectivity index (χ4n) is 2.57. The second-order valence-electron chi connectivity index (χ2n) is 4.94. The Kier molecular flexibility index (Phi) is 5.93. The molecule has 1 aromatic heterocycles. The third-order valence-corrected chi connectivity index (χ3v) is 7.04. The Morgan fingerprint density at radius 1 is 1.05 bits per heavy atom. The van der Waals surface area contributed by atoms with Gasteiger partial charge in [-0.05, 0) is 0 Å². The van der Waals surface area contributed by atoms with Crippen LogP contribution in [0.2, 0.25) is 9.45 Å². The molecule has 19 heavy (non-hydrogen) atoms. The molecule has 0 spiro atoms. The molecule has 0 radical (unpaired) electrons. The average molecular weight is 339 g/mol. The molecule has 6 heteroatoms. The molecule has 0 aliphatic carbocycles.